The quantitative estimate of drug-likeness (QED) is 0.614. The molecule has 1 fully saturated rings. The van der Waals surface area contributed by atoms with E-state index in [1.54, 1.807) is 0 Å². The van der Waals surface area contributed by atoms with Gasteiger partial charge >= 0.3 is 0 Å². The van der Waals surface area contributed by atoms with Gasteiger partial charge in [0.1, 0.15) is 0 Å². The molecule has 4 nitrogen and oxygen atoms in total. The van der Waals surface area contributed by atoms with Crippen molar-refractivity contribution in [2.45, 2.75) is 53.0 Å². The number of guanidine groups is 1. The summed E-state index contributed by atoms with van der Waals surface area (Å²) in [5, 5.41) is 0. The van der Waals surface area contributed by atoms with Crippen LogP contribution in [0.4, 0.5) is 0 Å². The van der Waals surface area contributed by atoms with E-state index in [-0.39, 0.29) is 5.54 Å². The van der Waals surface area contributed by atoms with E-state index in [0.717, 1.165) is 25.6 Å². The second-order valence-corrected chi connectivity index (χ2v) is 6.35. The first-order valence-corrected chi connectivity index (χ1v) is 7.70. The van der Waals surface area contributed by atoms with Crippen LogP contribution in [-0.4, -0.2) is 54.0 Å². The van der Waals surface area contributed by atoms with E-state index in [1.807, 2.05) is 0 Å². The maximum absolute atomic E-state index is 6.06. The van der Waals surface area contributed by atoms with Crippen molar-refractivity contribution in [2.75, 3.05) is 32.7 Å². The molecule has 0 aliphatic carbocycles. The Morgan fingerprint density at radius 1 is 1.37 bits per heavy atom. The molecule has 1 atom stereocenters. The van der Waals surface area contributed by atoms with Crippen molar-refractivity contribution in [1.29, 1.82) is 0 Å². The number of likely N-dealkylation sites (tertiary alicyclic amines) is 1. The standard InChI is InChI=1S/C15H32N4/c1-6-18(7-2)14(16)17-12-15(4,5)19-10-8-9-13(3)11-19/h13H,6-12H2,1-5H3,(H2,16,17). The van der Waals surface area contributed by atoms with E-state index in [2.05, 4.69) is 49.4 Å². The molecule has 0 aromatic carbocycles. The first kappa shape index (κ1) is 16.3. The van der Waals surface area contributed by atoms with Gasteiger partial charge in [-0.3, -0.25) is 9.89 Å². The minimum Gasteiger partial charge on any atom is -0.370 e. The normalized spacial score (nSPS) is 22.6. The number of rotatable bonds is 5. The molecule has 0 aromatic heterocycles. The molecule has 1 heterocycles. The van der Waals surface area contributed by atoms with Crippen LogP contribution >= 0.6 is 0 Å². The number of hydrogen-bond acceptors (Lipinski definition) is 2. The Labute approximate surface area is 119 Å². The van der Waals surface area contributed by atoms with E-state index < -0.39 is 0 Å². The average Bonchev–Trinajstić information content (AvgIpc) is 2.38. The van der Waals surface area contributed by atoms with Crippen LogP contribution in [0.3, 0.4) is 0 Å². The van der Waals surface area contributed by atoms with Gasteiger partial charge in [0.05, 0.1) is 6.54 Å². The lowest BCUT2D eigenvalue weighted by Gasteiger charge is -2.42. The summed E-state index contributed by atoms with van der Waals surface area (Å²) in [5.41, 5.74) is 6.16. The van der Waals surface area contributed by atoms with E-state index in [0.29, 0.717) is 5.96 Å². The number of nitrogens with zero attached hydrogens (tertiary/aromatic N) is 3. The molecule has 0 aromatic rings. The zero-order valence-electron chi connectivity index (χ0n) is 13.4. The van der Waals surface area contributed by atoms with Crippen molar-refractivity contribution in [2.24, 2.45) is 16.6 Å². The highest BCUT2D eigenvalue weighted by Gasteiger charge is 2.29. The fourth-order valence-corrected chi connectivity index (χ4v) is 2.76. The Morgan fingerprint density at radius 3 is 2.53 bits per heavy atom. The van der Waals surface area contributed by atoms with Crippen LogP contribution in [0.5, 0.6) is 0 Å². The second kappa shape index (κ2) is 7.13. The number of hydrogen-bond donors (Lipinski definition) is 1. The van der Waals surface area contributed by atoms with Crippen LogP contribution in [0.1, 0.15) is 47.5 Å². The van der Waals surface area contributed by atoms with Crippen molar-refractivity contribution in [3.8, 4) is 0 Å². The van der Waals surface area contributed by atoms with Gasteiger partial charge in [-0.1, -0.05) is 6.92 Å². The van der Waals surface area contributed by atoms with Crippen LogP contribution in [-0.2, 0) is 0 Å². The Bertz CT molecular complexity index is 295. The molecule has 2 N–H and O–H groups in total. The summed E-state index contributed by atoms with van der Waals surface area (Å²) in [7, 11) is 0. The van der Waals surface area contributed by atoms with E-state index >= 15 is 0 Å². The summed E-state index contributed by atoms with van der Waals surface area (Å²) in [6.07, 6.45) is 2.66. The van der Waals surface area contributed by atoms with Gasteiger partial charge in [-0.2, -0.15) is 0 Å². The Kier molecular flexibility index (Phi) is 6.11. The Morgan fingerprint density at radius 2 is 2.00 bits per heavy atom. The van der Waals surface area contributed by atoms with Gasteiger partial charge in [0, 0.05) is 25.2 Å². The topological polar surface area (TPSA) is 44.9 Å². The van der Waals surface area contributed by atoms with Crippen molar-refractivity contribution in [1.82, 2.24) is 9.80 Å². The van der Waals surface area contributed by atoms with Crippen LogP contribution in [0.25, 0.3) is 0 Å². The Balaban J connectivity index is 2.60. The number of piperidine rings is 1. The molecule has 19 heavy (non-hydrogen) atoms. The smallest absolute Gasteiger partial charge is 0.191 e. The molecule has 1 saturated heterocycles. The van der Waals surface area contributed by atoms with E-state index in [9.17, 15) is 0 Å². The van der Waals surface area contributed by atoms with Crippen molar-refractivity contribution >= 4 is 5.96 Å². The second-order valence-electron chi connectivity index (χ2n) is 6.35. The fourth-order valence-electron chi connectivity index (χ4n) is 2.76. The SMILES string of the molecule is CCN(CC)C(N)=NCC(C)(C)N1CCCC(C)C1. The lowest BCUT2D eigenvalue weighted by atomic mass is 9.94. The molecule has 0 spiro atoms. The summed E-state index contributed by atoms with van der Waals surface area (Å²) in [6, 6.07) is 0. The first-order chi connectivity index (χ1) is 8.90. The maximum atomic E-state index is 6.06. The van der Waals surface area contributed by atoms with Gasteiger partial charge in [0.25, 0.3) is 0 Å². The number of nitrogens with two attached hydrogens (primary N) is 1. The molecule has 4 heteroatoms. The maximum Gasteiger partial charge on any atom is 0.191 e. The summed E-state index contributed by atoms with van der Waals surface area (Å²) < 4.78 is 0. The lowest BCUT2D eigenvalue weighted by Crippen LogP contribution is -2.51. The summed E-state index contributed by atoms with van der Waals surface area (Å²) in [5.74, 6) is 1.49. The predicted molar refractivity (Wildman–Crippen MR) is 83.5 cm³/mol. The van der Waals surface area contributed by atoms with E-state index in [4.69, 9.17) is 5.73 Å². The minimum atomic E-state index is 0.104. The van der Waals surface area contributed by atoms with E-state index in [1.165, 1.54) is 25.9 Å². The average molecular weight is 268 g/mol. The van der Waals surface area contributed by atoms with Crippen molar-refractivity contribution < 1.29 is 0 Å². The molecule has 1 aliphatic heterocycles. The van der Waals surface area contributed by atoms with Crippen LogP contribution < -0.4 is 5.73 Å². The third-order valence-corrected chi connectivity index (χ3v) is 4.23. The third kappa shape index (κ3) is 4.68. The number of aliphatic imine (C=N–C) groups is 1. The molecular weight excluding hydrogens is 236 g/mol. The zero-order chi connectivity index (χ0) is 14.5. The third-order valence-electron chi connectivity index (χ3n) is 4.23. The monoisotopic (exact) mass is 268 g/mol. The molecular formula is C15H32N4. The molecule has 0 amide bonds. The minimum absolute atomic E-state index is 0.104. The van der Waals surface area contributed by atoms with Crippen molar-refractivity contribution in [3.63, 3.8) is 0 Å². The van der Waals surface area contributed by atoms with Gasteiger partial charge < -0.3 is 10.6 Å². The molecule has 0 bridgehead atoms. The molecule has 112 valence electrons. The fraction of sp³-hybridized carbons (Fsp3) is 0.933. The highest BCUT2D eigenvalue weighted by atomic mass is 15.3. The lowest BCUT2D eigenvalue weighted by molar-refractivity contribution is 0.0773. The van der Waals surface area contributed by atoms with Gasteiger partial charge in [-0.15, -0.1) is 0 Å². The molecule has 1 aliphatic rings. The summed E-state index contributed by atoms with van der Waals surface area (Å²) in [4.78, 5) is 9.29. The Hall–Kier alpha value is -0.770. The highest BCUT2D eigenvalue weighted by molar-refractivity contribution is 5.78. The van der Waals surface area contributed by atoms with Crippen LogP contribution in [0.2, 0.25) is 0 Å². The summed E-state index contributed by atoms with van der Waals surface area (Å²) >= 11 is 0. The molecule has 0 radical (unpaired) electrons. The molecule has 0 saturated carbocycles. The highest BCUT2D eigenvalue weighted by Crippen LogP contribution is 2.24. The molecule has 1 rings (SSSR count). The van der Waals surface area contributed by atoms with Crippen molar-refractivity contribution in [3.05, 3.63) is 0 Å². The van der Waals surface area contributed by atoms with Crippen LogP contribution in [0.15, 0.2) is 4.99 Å². The van der Waals surface area contributed by atoms with Gasteiger partial charge in [0.2, 0.25) is 0 Å². The summed E-state index contributed by atoms with van der Waals surface area (Å²) in [6.45, 7) is 16.1. The molecule has 1 unspecified atom stereocenters. The van der Waals surface area contributed by atoms with Gasteiger partial charge in [0.15, 0.2) is 5.96 Å². The first-order valence-electron chi connectivity index (χ1n) is 7.70. The zero-order valence-corrected chi connectivity index (χ0v) is 13.4. The van der Waals surface area contributed by atoms with Gasteiger partial charge in [-0.05, 0) is 53.0 Å². The predicted octanol–water partition coefficient (Wildman–Crippen LogP) is 2.15. The van der Waals surface area contributed by atoms with Crippen LogP contribution in [0, 0.1) is 5.92 Å². The largest absolute Gasteiger partial charge is 0.370 e. The van der Waals surface area contributed by atoms with Gasteiger partial charge in [-0.25, -0.2) is 0 Å².